The van der Waals surface area contributed by atoms with E-state index in [9.17, 15) is 0 Å². The van der Waals surface area contributed by atoms with Crippen LogP contribution in [0.5, 0.6) is 0 Å². The summed E-state index contributed by atoms with van der Waals surface area (Å²) in [6.07, 6.45) is 3.26. The van der Waals surface area contributed by atoms with Crippen LogP contribution < -0.4 is 10.6 Å². The number of amidine groups is 1. The Hall–Kier alpha value is -0.880. The van der Waals surface area contributed by atoms with Crippen LogP contribution in [0.4, 0.5) is 5.69 Å². The zero-order valence-electron chi connectivity index (χ0n) is 11.4. The Kier molecular flexibility index (Phi) is 6.51. The third-order valence-corrected chi connectivity index (χ3v) is 4.44. The molecule has 0 saturated carbocycles. The lowest BCUT2D eigenvalue weighted by Crippen LogP contribution is -2.29. The van der Waals surface area contributed by atoms with E-state index in [-0.39, 0.29) is 5.84 Å². The lowest BCUT2D eigenvalue weighted by atomic mass is 10.1. The zero-order chi connectivity index (χ0) is 14.4. The number of anilines is 1. The molecule has 1 rings (SSSR count). The molecule has 0 radical (unpaired) electrons. The molecule has 1 atom stereocenters. The first kappa shape index (κ1) is 16.2. The van der Waals surface area contributed by atoms with Crippen LogP contribution in [-0.4, -0.2) is 36.1 Å². The van der Waals surface area contributed by atoms with E-state index in [1.165, 1.54) is 0 Å². The maximum Gasteiger partial charge on any atom is 0.171 e. The van der Waals surface area contributed by atoms with Gasteiger partial charge in [0, 0.05) is 28.8 Å². The molecule has 6 heteroatoms. The Bertz CT molecular complexity index is 454. The fraction of sp³-hybridized carbons (Fsp3) is 0.462. The molecule has 0 aliphatic carbocycles. The quantitative estimate of drug-likeness (QED) is 0.360. The van der Waals surface area contributed by atoms with E-state index in [0.29, 0.717) is 11.6 Å². The van der Waals surface area contributed by atoms with E-state index in [4.69, 9.17) is 10.9 Å². The Balaban J connectivity index is 2.88. The summed E-state index contributed by atoms with van der Waals surface area (Å²) in [7, 11) is 2.08. The first-order chi connectivity index (χ1) is 9.01. The van der Waals surface area contributed by atoms with E-state index in [1.54, 1.807) is 0 Å². The summed E-state index contributed by atoms with van der Waals surface area (Å²) in [4.78, 5) is 2.23. The van der Waals surface area contributed by atoms with Crippen molar-refractivity contribution in [2.45, 2.75) is 19.4 Å². The normalized spacial score (nSPS) is 13.4. The molecule has 0 aliphatic rings. The van der Waals surface area contributed by atoms with Crippen molar-refractivity contribution < 1.29 is 5.21 Å². The molecule has 0 amide bonds. The van der Waals surface area contributed by atoms with Gasteiger partial charge in [0.1, 0.15) is 0 Å². The van der Waals surface area contributed by atoms with Crippen molar-refractivity contribution >= 4 is 39.2 Å². The maximum atomic E-state index is 8.71. The fourth-order valence-electron chi connectivity index (χ4n) is 1.72. The molecule has 4 nitrogen and oxygen atoms in total. The van der Waals surface area contributed by atoms with E-state index in [2.05, 4.69) is 46.2 Å². The van der Waals surface area contributed by atoms with E-state index >= 15 is 0 Å². The lowest BCUT2D eigenvalue weighted by Gasteiger charge is -2.27. The first-order valence-corrected chi connectivity index (χ1v) is 8.19. The maximum absolute atomic E-state index is 8.71. The number of halogens is 1. The average molecular weight is 346 g/mol. The number of nitrogens with zero attached hydrogens (tertiary/aromatic N) is 2. The summed E-state index contributed by atoms with van der Waals surface area (Å²) in [6.45, 7) is 2.21. The van der Waals surface area contributed by atoms with Gasteiger partial charge in [0.25, 0.3) is 0 Å². The number of hydrogen-bond acceptors (Lipinski definition) is 4. The molecular formula is C13H20BrN3OS. The second-order valence-electron chi connectivity index (χ2n) is 4.39. The van der Waals surface area contributed by atoms with Gasteiger partial charge in [-0.1, -0.05) is 5.16 Å². The Labute approximate surface area is 127 Å². The van der Waals surface area contributed by atoms with Gasteiger partial charge < -0.3 is 15.8 Å². The fourth-order valence-corrected chi connectivity index (χ4v) is 2.87. The van der Waals surface area contributed by atoms with Gasteiger partial charge in [0.2, 0.25) is 0 Å². The lowest BCUT2D eigenvalue weighted by molar-refractivity contribution is 0.318. The molecule has 1 unspecified atom stereocenters. The van der Waals surface area contributed by atoms with Gasteiger partial charge >= 0.3 is 0 Å². The highest BCUT2D eigenvalue weighted by atomic mass is 79.9. The van der Waals surface area contributed by atoms with Crippen molar-refractivity contribution in [2.75, 3.05) is 24.0 Å². The molecule has 0 spiro atoms. The predicted octanol–water partition coefficient (Wildman–Crippen LogP) is 3.12. The Morgan fingerprint density at radius 3 is 2.79 bits per heavy atom. The van der Waals surface area contributed by atoms with Crippen molar-refractivity contribution in [3.63, 3.8) is 0 Å². The summed E-state index contributed by atoms with van der Waals surface area (Å²) in [6, 6.07) is 6.29. The van der Waals surface area contributed by atoms with Crippen LogP contribution in [0.3, 0.4) is 0 Å². The smallest absolute Gasteiger partial charge is 0.171 e. The molecule has 0 bridgehead atoms. The van der Waals surface area contributed by atoms with Gasteiger partial charge in [-0.05, 0) is 59.5 Å². The molecule has 0 aromatic heterocycles. The number of hydrogen-bond donors (Lipinski definition) is 2. The molecule has 3 N–H and O–H groups in total. The summed E-state index contributed by atoms with van der Waals surface area (Å²) in [5.74, 6) is 1.26. The number of benzene rings is 1. The third-order valence-electron chi connectivity index (χ3n) is 3.14. The number of nitrogens with two attached hydrogens (primary N) is 1. The molecule has 0 fully saturated rings. The van der Waals surface area contributed by atoms with Gasteiger partial charge in [-0.15, -0.1) is 0 Å². The second-order valence-corrected chi connectivity index (χ2v) is 6.23. The van der Waals surface area contributed by atoms with Gasteiger partial charge in [-0.25, -0.2) is 0 Å². The van der Waals surface area contributed by atoms with Crippen molar-refractivity contribution in [1.29, 1.82) is 0 Å². The number of oxime groups is 1. The average Bonchev–Trinajstić information content (AvgIpc) is 2.42. The Morgan fingerprint density at radius 2 is 2.26 bits per heavy atom. The van der Waals surface area contributed by atoms with Gasteiger partial charge in [-0.3, -0.25) is 0 Å². The molecule has 0 saturated heterocycles. The van der Waals surface area contributed by atoms with E-state index < -0.39 is 0 Å². The van der Waals surface area contributed by atoms with Crippen LogP contribution in [0.15, 0.2) is 27.8 Å². The van der Waals surface area contributed by atoms with Crippen LogP contribution >= 0.6 is 27.7 Å². The monoisotopic (exact) mass is 345 g/mol. The largest absolute Gasteiger partial charge is 0.409 e. The number of thioether (sulfide) groups is 1. The van der Waals surface area contributed by atoms with E-state index in [1.807, 2.05) is 30.0 Å². The second kappa shape index (κ2) is 7.65. The molecule has 1 aromatic rings. The van der Waals surface area contributed by atoms with Crippen LogP contribution in [-0.2, 0) is 0 Å². The minimum Gasteiger partial charge on any atom is -0.409 e. The van der Waals surface area contributed by atoms with Crippen molar-refractivity contribution in [2.24, 2.45) is 10.9 Å². The van der Waals surface area contributed by atoms with E-state index in [0.717, 1.165) is 22.3 Å². The molecule has 19 heavy (non-hydrogen) atoms. The molecule has 0 aliphatic heterocycles. The summed E-state index contributed by atoms with van der Waals surface area (Å²) in [5.41, 5.74) is 7.40. The molecule has 106 valence electrons. The highest BCUT2D eigenvalue weighted by molar-refractivity contribution is 9.10. The minimum atomic E-state index is 0.108. The van der Waals surface area contributed by atoms with Crippen molar-refractivity contribution in [3.05, 3.63) is 28.2 Å². The van der Waals surface area contributed by atoms with Crippen molar-refractivity contribution in [3.8, 4) is 0 Å². The van der Waals surface area contributed by atoms with Crippen LogP contribution in [0.1, 0.15) is 18.9 Å². The Morgan fingerprint density at radius 1 is 1.58 bits per heavy atom. The number of rotatable bonds is 6. The summed E-state index contributed by atoms with van der Waals surface area (Å²) >= 11 is 5.31. The first-order valence-electron chi connectivity index (χ1n) is 6.00. The highest BCUT2D eigenvalue weighted by Gasteiger charge is 2.12. The van der Waals surface area contributed by atoms with Gasteiger partial charge in [0.05, 0.1) is 0 Å². The molecule has 0 heterocycles. The van der Waals surface area contributed by atoms with Crippen LogP contribution in [0, 0.1) is 0 Å². The standard InChI is InChI=1S/C13H20BrN3OS/c1-9(6-7-19-3)17(2)10-4-5-11(12(14)8-10)13(15)16-18/h4-5,8-9,18H,6-7H2,1-3H3,(H2,15,16). The zero-order valence-corrected chi connectivity index (χ0v) is 13.8. The summed E-state index contributed by atoms with van der Waals surface area (Å²) < 4.78 is 0.823. The van der Waals surface area contributed by atoms with Crippen LogP contribution in [0.25, 0.3) is 0 Å². The van der Waals surface area contributed by atoms with Crippen molar-refractivity contribution in [1.82, 2.24) is 0 Å². The van der Waals surface area contributed by atoms with Crippen LogP contribution in [0.2, 0.25) is 0 Å². The molecular weight excluding hydrogens is 326 g/mol. The summed E-state index contributed by atoms with van der Waals surface area (Å²) in [5, 5.41) is 11.7. The minimum absolute atomic E-state index is 0.108. The highest BCUT2D eigenvalue weighted by Crippen LogP contribution is 2.25. The third kappa shape index (κ3) is 4.31. The molecule has 1 aromatic carbocycles. The topological polar surface area (TPSA) is 61.8 Å². The van der Waals surface area contributed by atoms with Gasteiger partial charge in [-0.2, -0.15) is 11.8 Å². The van der Waals surface area contributed by atoms with Gasteiger partial charge in [0.15, 0.2) is 5.84 Å². The predicted molar refractivity (Wildman–Crippen MR) is 87.5 cm³/mol. The SMILES string of the molecule is CSCCC(C)N(C)c1ccc(/C(N)=N/O)c(Br)c1.